The van der Waals surface area contributed by atoms with Crippen molar-refractivity contribution in [3.05, 3.63) is 95.2 Å². The standard InChI is InChI=1S/C23H23F2N3/c24-20-7-4-17(5-8-20)13-22-15-19-14-21(25)9-6-18(19)16-28(22)12-11-27-23-3-1-2-10-26-23/h1-10,14,22H,11-13,15-16H2,(H,26,27). The molecular weight excluding hydrogens is 356 g/mol. The molecule has 3 nitrogen and oxygen atoms in total. The van der Waals surface area contributed by atoms with Crippen LogP contribution in [0.3, 0.4) is 0 Å². The zero-order valence-electron chi connectivity index (χ0n) is 15.6. The Morgan fingerprint density at radius 2 is 1.79 bits per heavy atom. The Balaban J connectivity index is 1.48. The summed E-state index contributed by atoms with van der Waals surface area (Å²) in [5.41, 5.74) is 3.34. The average Bonchev–Trinajstić information content (AvgIpc) is 2.71. The van der Waals surface area contributed by atoms with Crippen LogP contribution in [0.2, 0.25) is 0 Å². The molecule has 28 heavy (non-hydrogen) atoms. The SMILES string of the molecule is Fc1ccc(CC2Cc3cc(F)ccc3CN2CCNc2ccccn2)cc1. The number of pyridine rings is 1. The molecule has 1 unspecified atom stereocenters. The Kier molecular flexibility index (Phi) is 5.63. The highest BCUT2D eigenvalue weighted by atomic mass is 19.1. The van der Waals surface area contributed by atoms with Gasteiger partial charge in [0, 0.05) is 31.9 Å². The molecule has 0 saturated carbocycles. The quantitative estimate of drug-likeness (QED) is 0.686. The van der Waals surface area contributed by atoms with E-state index in [4.69, 9.17) is 0 Å². The van der Waals surface area contributed by atoms with Crippen LogP contribution in [-0.2, 0) is 19.4 Å². The van der Waals surface area contributed by atoms with Gasteiger partial charge in [-0.2, -0.15) is 0 Å². The summed E-state index contributed by atoms with van der Waals surface area (Å²) in [6.07, 6.45) is 3.36. The first-order valence-corrected chi connectivity index (χ1v) is 9.58. The summed E-state index contributed by atoms with van der Waals surface area (Å²) in [5, 5.41) is 3.35. The van der Waals surface area contributed by atoms with Crippen molar-refractivity contribution < 1.29 is 8.78 Å². The third-order valence-electron chi connectivity index (χ3n) is 5.27. The van der Waals surface area contributed by atoms with Crippen LogP contribution in [-0.4, -0.2) is 29.0 Å². The van der Waals surface area contributed by atoms with Crippen molar-refractivity contribution >= 4 is 5.82 Å². The second kappa shape index (κ2) is 8.48. The van der Waals surface area contributed by atoms with E-state index in [1.54, 1.807) is 12.3 Å². The van der Waals surface area contributed by atoms with Crippen LogP contribution in [0.15, 0.2) is 66.9 Å². The molecule has 2 aromatic carbocycles. The average molecular weight is 379 g/mol. The third kappa shape index (κ3) is 4.54. The van der Waals surface area contributed by atoms with E-state index in [0.29, 0.717) is 0 Å². The number of anilines is 1. The van der Waals surface area contributed by atoms with Gasteiger partial charge < -0.3 is 5.32 Å². The monoisotopic (exact) mass is 379 g/mol. The number of hydrogen-bond acceptors (Lipinski definition) is 3. The number of aromatic nitrogens is 1. The second-order valence-electron chi connectivity index (χ2n) is 7.21. The summed E-state index contributed by atoms with van der Waals surface area (Å²) in [5.74, 6) is 0.442. The number of halogens is 2. The molecule has 5 heteroatoms. The van der Waals surface area contributed by atoms with Crippen molar-refractivity contribution in [2.75, 3.05) is 18.4 Å². The van der Waals surface area contributed by atoms with Gasteiger partial charge in [-0.3, -0.25) is 4.90 Å². The Hall–Kier alpha value is -2.79. The molecule has 0 fully saturated rings. The molecule has 4 rings (SSSR count). The van der Waals surface area contributed by atoms with Gasteiger partial charge in [-0.05, 0) is 65.9 Å². The predicted octanol–water partition coefficient (Wildman–Crippen LogP) is 4.44. The van der Waals surface area contributed by atoms with E-state index in [2.05, 4.69) is 15.2 Å². The maximum atomic E-state index is 13.7. The van der Waals surface area contributed by atoms with Crippen LogP contribution in [0.4, 0.5) is 14.6 Å². The minimum absolute atomic E-state index is 0.190. The van der Waals surface area contributed by atoms with Gasteiger partial charge in [-0.15, -0.1) is 0 Å². The lowest BCUT2D eigenvalue weighted by molar-refractivity contribution is 0.176. The van der Waals surface area contributed by atoms with Crippen molar-refractivity contribution in [3.8, 4) is 0 Å². The van der Waals surface area contributed by atoms with Gasteiger partial charge >= 0.3 is 0 Å². The van der Waals surface area contributed by atoms with Gasteiger partial charge in [0.25, 0.3) is 0 Å². The minimum atomic E-state index is -0.226. The van der Waals surface area contributed by atoms with Crippen molar-refractivity contribution in [2.24, 2.45) is 0 Å². The number of hydrogen-bond donors (Lipinski definition) is 1. The van der Waals surface area contributed by atoms with Crippen molar-refractivity contribution in [3.63, 3.8) is 0 Å². The molecule has 3 aromatic rings. The summed E-state index contributed by atoms with van der Waals surface area (Å²) in [6.45, 7) is 2.40. The van der Waals surface area contributed by atoms with E-state index in [9.17, 15) is 8.78 Å². The molecule has 1 atom stereocenters. The molecule has 1 aliphatic heterocycles. The van der Waals surface area contributed by atoms with Crippen molar-refractivity contribution in [2.45, 2.75) is 25.4 Å². The normalized spacial score (nSPS) is 16.6. The number of fused-ring (bicyclic) bond motifs is 1. The Morgan fingerprint density at radius 1 is 0.964 bits per heavy atom. The van der Waals surface area contributed by atoms with Crippen LogP contribution in [0.25, 0.3) is 0 Å². The first-order chi connectivity index (χ1) is 13.7. The molecule has 0 spiro atoms. The molecular formula is C23H23F2N3. The van der Waals surface area contributed by atoms with E-state index < -0.39 is 0 Å². The summed E-state index contributed by atoms with van der Waals surface area (Å²) in [6, 6.07) is 17.8. The summed E-state index contributed by atoms with van der Waals surface area (Å²) >= 11 is 0. The second-order valence-corrected chi connectivity index (χ2v) is 7.21. The topological polar surface area (TPSA) is 28.2 Å². The van der Waals surface area contributed by atoms with Crippen molar-refractivity contribution in [1.29, 1.82) is 0 Å². The molecule has 1 aliphatic rings. The number of nitrogens with zero attached hydrogens (tertiary/aromatic N) is 2. The molecule has 0 amide bonds. The van der Waals surface area contributed by atoms with Crippen LogP contribution in [0.5, 0.6) is 0 Å². The Labute approximate surface area is 164 Å². The van der Waals surface area contributed by atoms with Gasteiger partial charge in [-0.25, -0.2) is 13.8 Å². The molecule has 0 saturated heterocycles. The number of rotatable bonds is 6. The maximum Gasteiger partial charge on any atom is 0.125 e. The highest BCUT2D eigenvalue weighted by Gasteiger charge is 2.26. The lowest BCUT2D eigenvalue weighted by atomic mass is 9.90. The molecule has 1 aromatic heterocycles. The fourth-order valence-corrected chi connectivity index (χ4v) is 3.82. The minimum Gasteiger partial charge on any atom is -0.369 e. The summed E-state index contributed by atoms with van der Waals surface area (Å²) in [7, 11) is 0. The first-order valence-electron chi connectivity index (χ1n) is 9.58. The van der Waals surface area contributed by atoms with Gasteiger partial charge in [0.15, 0.2) is 0 Å². The zero-order valence-corrected chi connectivity index (χ0v) is 15.6. The zero-order chi connectivity index (χ0) is 19.3. The Bertz CT molecular complexity index is 913. The summed E-state index contributed by atoms with van der Waals surface area (Å²) < 4.78 is 27.0. The highest BCUT2D eigenvalue weighted by molar-refractivity contribution is 5.34. The lowest BCUT2D eigenvalue weighted by Gasteiger charge is -2.37. The third-order valence-corrected chi connectivity index (χ3v) is 5.27. The van der Waals surface area contributed by atoms with Gasteiger partial charge in [-0.1, -0.05) is 24.3 Å². The van der Waals surface area contributed by atoms with Crippen molar-refractivity contribution in [1.82, 2.24) is 9.88 Å². The number of benzene rings is 2. The Morgan fingerprint density at radius 3 is 2.57 bits per heavy atom. The fraction of sp³-hybridized carbons (Fsp3) is 0.261. The van der Waals surface area contributed by atoms with Crippen LogP contribution < -0.4 is 5.32 Å². The van der Waals surface area contributed by atoms with E-state index in [1.165, 1.54) is 23.8 Å². The number of nitrogens with one attached hydrogen (secondary N) is 1. The van der Waals surface area contributed by atoms with Crippen LogP contribution in [0, 0.1) is 11.6 Å². The summed E-state index contributed by atoms with van der Waals surface area (Å²) in [4.78, 5) is 6.71. The van der Waals surface area contributed by atoms with E-state index >= 15 is 0 Å². The fourth-order valence-electron chi connectivity index (χ4n) is 3.82. The largest absolute Gasteiger partial charge is 0.369 e. The molecule has 1 N–H and O–H groups in total. The predicted molar refractivity (Wildman–Crippen MR) is 107 cm³/mol. The highest BCUT2D eigenvalue weighted by Crippen LogP contribution is 2.26. The van der Waals surface area contributed by atoms with E-state index in [-0.39, 0.29) is 17.7 Å². The van der Waals surface area contributed by atoms with Gasteiger partial charge in [0.05, 0.1) is 0 Å². The van der Waals surface area contributed by atoms with E-state index in [0.717, 1.165) is 49.4 Å². The molecule has 0 bridgehead atoms. The van der Waals surface area contributed by atoms with Gasteiger partial charge in [0.1, 0.15) is 17.5 Å². The first kappa shape index (κ1) is 18.6. The van der Waals surface area contributed by atoms with Crippen LogP contribution in [0.1, 0.15) is 16.7 Å². The molecule has 0 radical (unpaired) electrons. The molecule has 0 aliphatic carbocycles. The van der Waals surface area contributed by atoms with Gasteiger partial charge in [0.2, 0.25) is 0 Å². The molecule has 144 valence electrons. The van der Waals surface area contributed by atoms with E-state index in [1.807, 2.05) is 36.4 Å². The maximum absolute atomic E-state index is 13.7. The smallest absolute Gasteiger partial charge is 0.125 e. The molecule has 2 heterocycles. The van der Waals surface area contributed by atoms with Crippen LogP contribution >= 0.6 is 0 Å². The lowest BCUT2D eigenvalue weighted by Crippen LogP contribution is -2.44.